The van der Waals surface area contributed by atoms with Crippen LogP contribution in [0.25, 0.3) is 22.4 Å². The van der Waals surface area contributed by atoms with Crippen molar-refractivity contribution in [2.24, 2.45) is 0 Å². The number of benzene rings is 3. The Bertz CT molecular complexity index is 1390. The highest BCUT2D eigenvalue weighted by molar-refractivity contribution is 6.28. The van der Waals surface area contributed by atoms with Gasteiger partial charge in [0.1, 0.15) is 0 Å². The molecule has 0 bridgehead atoms. The minimum absolute atomic E-state index is 0.00252. The molecule has 0 spiro atoms. The molecule has 6 nitrogen and oxygen atoms in total. The van der Waals surface area contributed by atoms with Crippen LogP contribution in [0, 0.1) is 6.92 Å². The van der Waals surface area contributed by atoms with Crippen molar-refractivity contribution >= 4 is 11.4 Å². The minimum atomic E-state index is -4.53. The summed E-state index contributed by atoms with van der Waals surface area (Å²) < 4.78 is 42.2. The summed E-state index contributed by atoms with van der Waals surface area (Å²) in [5.74, 6) is -0.207. The van der Waals surface area contributed by atoms with Gasteiger partial charge in [-0.3, -0.25) is 4.79 Å². The van der Waals surface area contributed by atoms with E-state index >= 15 is 0 Å². The number of hydrogen-bond donors (Lipinski definition) is 0. The molecule has 0 amide bonds. The lowest BCUT2D eigenvalue weighted by molar-refractivity contribution is -0.137. The normalized spacial score (nSPS) is 12.0. The van der Waals surface area contributed by atoms with Crippen molar-refractivity contribution in [1.29, 1.82) is 0 Å². The number of nitrogens with zero attached hydrogens (tertiary/aromatic N) is 5. The Kier molecular flexibility index (Phi) is 6.50. The van der Waals surface area contributed by atoms with E-state index in [9.17, 15) is 18.0 Å². The van der Waals surface area contributed by atoms with Crippen LogP contribution in [0.15, 0.2) is 79.0 Å². The Morgan fingerprint density at radius 3 is 2.37 bits per heavy atom. The summed E-state index contributed by atoms with van der Waals surface area (Å²) in [6.07, 6.45) is -2.93. The van der Waals surface area contributed by atoms with Crippen LogP contribution in [0.1, 0.15) is 27.3 Å². The molecule has 0 saturated carbocycles. The molecule has 0 unspecified atom stereocenters. The summed E-state index contributed by atoms with van der Waals surface area (Å²) in [7, 11) is 3.51. The van der Waals surface area contributed by atoms with Crippen LogP contribution in [0.4, 0.5) is 13.2 Å². The number of alkyl halides is 3. The molecule has 0 fully saturated rings. The van der Waals surface area contributed by atoms with Crippen molar-refractivity contribution in [1.82, 2.24) is 25.1 Å². The monoisotopic (exact) mass is 477 g/mol. The largest absolute Gasteiger partial charge is 0.417 e. The fourth-order valence-electron chi connectivity index (χ4n) is 3.66. The fraction of sp³-hybridized carbons (Fsp3) is 0.154. The second-order valence-electron chi connectivity index (χ2n) is 8.21. The van der Waals surface area contributed by atoms with Crippen molar-refractivity contribution in [2.45, 2.75) is 13.1 Å². The van der Waals surface area contributed by atoms with Gasteiger partial charge in [-0.25, -0.2) is 0 Å². The number of halogens is 3. The van der Waals surface area contributed by atoms with Gasteiger partial charge in [-0.15, -0.1) is 5.10 Å². The Hall–Kier alpha value is -4.27. The van der Waals surface area contributed by atoms with E-state index in [0.717, 1.165) is 11.6 Å². The molecule has 4 rings (SSSR count). The topological polar surface area (TPSA) is 63.9 Å². The third kappa shape index (κ3) is 5.13. The van der Waals surface area contributed by atoms with Crippen LogP contribution >= 0.6 is 0 Å². The van der Waals surface area contributed by atoms with Gasteiger partial charge in [0.2, 0.25) is 0 Å². The van der Waals surface area contributed by atoms with Gasteiger partial charge in [0.25, 0.3) is 0 Å². The molecule has 0 aliphatic rings. The lowest BCUT2D eigenvalue weighted by atomic mass is 9.95. The molecular weight excluding hydrogens is 455 g/mol. The fourth-order valence-corrected chi connectivity index (χ4v) is 3.66. The van der Waals surface area contributed by atoms with Gasteiger partial charge in [0.15, 0.2) is 11.6 Å². The van der Waals surface area contributed by atoms with Crippen molar-refractivity contribution in [2.75, 3.05) is 14.1 Å². The Labute approximate surface area is 200 Å². The van der Waals surface area contributed by atoms with Crippen molar-refractivity contribution in [3.8, 4) is 16.8 Å². The van der Waals surface area contributed by atoms with Gasteiger partial charge in [0.05, 0.1) is 16.8 Å². The first-order valence-electron chi connectivity index (χ1n) is 10.7. The molecule has 3 aromatic carbocycles. The average Bonchev–Trinajstić information content (AvgIpc) is 3.31. The molecule has 0 saturated heterocycles. The van der Waals surface area contributed by atoms with Crippen molar-refractivity contribution < 1.29 is 18.0 Å². The summed E-state index contributed by atoms with van der Waals surface area (Å²) in [6.45, 7) is 1.95. The zero-order valence-electron chi connectivity index (χ0n) is 19.3. The van der Waals surface area contributed by atoms with Crippen LogP contribution in [-0.4, -0.2) is 45.0 Å². The lowest BCUT2D eigenvalue weighted by Gasteiger charge is -2.14. The predicted molar refractivity (Wildman–Crippen MR) is 127 cm³/mol. The van der Waals surface area contributed by atoms with E-state index in [1.165, 1.54) is 28.9 Å². The summed E-state index contributed by atoms with van der Waals surface area (Å²) in [5.41, 5.74) is 1.65. The molecule has 0 N–H and O–H groups in total. The number of Topliss-reactive ketones (excluding diaryl/α,β-unsaturated/α-hetero) is 1. The SMILES string of the molecule is Cc1ccc(-n2nnnc2C(=CN(C)C)C(=O)c2cccc(-c3ccccc3C(F)(F)F)c2)cc1. The molecule has 35 heavy (non-hydrogen) atoms. The Morgan fingerprint density at radius 1 is 0.971 bits per heavy atom. The minimum Gasteiger partial charge on any atom is -0.383 e. The number of carbonyl (C=O) groups excluding carboxylic acids is 1. The maximum absolute atomic E-state index is 13.7. The number of ketones is 1. The van der Waals surface area contributed by atoms with Gasteiger partial charge in [0, 0.05) is 25.9 Å². The Balaban J connectivity index is 1.79. The number of tetrazole rings is 1. The molecule has 4 aromatic rings. The second kappa shape index (κ2) is 9.54. The third-order valence-corrected chi connectivity index (χ3v) is 5.29. The zero-order valence-corrected chi connectivity index (χ0v) is 19.3. The van der Waals surface area contributed by atoms with Gasteiger partial charge in [-0.1, -0.05) is 54.1 Å². The lowest BCUT2D eigenvalue weighted by Crippen LogP contribution is -2.14. The molecule has 0 atom stereocenters. The summed E-state index contributed by atoms with van der Waals surface area (Å²) in [6, 6.07) is 18.9. The predicted octanol–water partition coefficient (Wildman–Crippen LogP) is 5.44. The van der Waals surface area contributed by atoms with E-state index in [1.54, 1.807) is 43.4 Å². The van der Waals surface area contributed by atoms with Crippen LogP contribution in [0.3, 0.4) is 0 Å². The number of allylic oxidation sites excluding steroid dienone is 1. The van der Waals surface area contributed by atoms with E-state index < -0.39 is 17.5 Å². The van der Waals surface area contributed by atoms with Gasteiger partial charge in [-0.2, -0.15) is 17.9 Å². The summed E-state index contributed by atoms with van der Waals surface area (Å²) in [4.78, 5) is 15.3. The van der Waals surface area contributed by atoms with Gasteiger partial charge in [-0.05, 0) is 52.7 Å². The second-order valence-corrected chi connectivity index (χ2v) is 8.21. The van der Waals surface area contributed by atoms with Gasteiger partial charge >= 0.3 is 6.18 Å². The van der Waals surface area contributed by atoms with Gasteiger partial charge < -0.3 is 4.90 Å². The maximum Gasteiger partial charge on any atom is 0.417 e. The van der Waals surface area contributed by atoms with Crippen LogP contribution < -0.4 is 0 Å². The highest BCUT2D eigenvalue weighted by atomic mass is 19.4. The van der Waals surface area contributed by atoms with Crippen LogP contribution in [0.2, 0.25) is 0 Å². The molecule has 0 aliphatic carbocycles. The highest BCUT2D eigenvalue weighted by Crippen LogP contribution is 2.37. The maximum atomic E-state index is 13.7. The number of rotatable bonds is 6. The smallest absolute Gasteiger partial charge is 0.383 e. The standard InChI is InChI=1S/C26H22F3N5O/c1-17-11-13-20(14-12-17)34-25(30-31-32-34)22(16-33(2)3)24(35)19-8-6-7-18(15-19)21-9-4-5-10-23(21)26(27,28)29/h4-16H,1-3H3. The first kappa shape index (κ1) is 23.9. The average molecular weight is 477 g/mol. The van der Waals surface area contributed by atoms with Crippen LogP contribution in [0.5, 0.6) is 0 Å². The molecule has 1 heterocycles. The number of aromatic nitrogens is 4. The number of carbonyl (C=O) groups is 1. The van der Waals surface area contributed by atoms with Crippen LogP contribution in [-0.2, 0) is 6.18 Å². The third-order valence-electron chi connectivity index (χ3n) is 5.29. The molecule has 1 aromatic heterocycles. The first-order chi connectivity index (χ1) is 16.6. The van der Waals surface area contributed by atoms with E-state index in [-0.39, 0.29) is 28.1 Å². The zero-order chi connectivity index (χ0) is 25.2. The molecule has 0 aliphatic heterocycles. The molecule has 0 radical (unpaired) electrons. The summed E-state index contributed by atoms with van der Waals surface area (Å²) >= 11 is 0. The van der Waals surface area contributed by atoms with E-state index in [2.05, 4.69) is 15.5 Å². The van der Waals surface area contributed by atoms with E-state index in [4.69, 9.17) is 0 Å². The Morgan fingerprint density at radius 2 is 1.69 bits per heavy atom. The molecule has 9 heteroatoms. The summed E-state index contributed by atoms with van der Waals surface area (Å²) in [5, 5.41) is 11.9. The number of hydrogen-bond acceptors (Lipinski definition) is 5. The first-order valence-corrected chi connectivity index (χ1v) is 10.7. The molecular formula is C26H22F3N5O. The van der Waals surface area contributed by atoms with E-state index in [0.29, 0.717) is 5.69 Å². The van der Waals surface area contributed by atoms with E-state index in [1.807, 2.05) is 31.2 Å². The van der Waals surface area contributed by atoms with Crippen molar-refractivity contribution in [3.63, 3.8) is 0 Å². The number of aryl methyl sites for hydroxylation is 1. The highest BCUT2D eigenvalue weighted by Gasteiger charge is 2.33. The van der Waals surface area contributed by atoms with Crippen molar-refractivity contribution in [3.05, 3.63) is 102 Å². The quantitative estimate of drug-likeness (QED) is 0.273. The molecule has 178 valence electrons.